The van der Waals surface area contributed by atoms with Crippen molar-refractivity contribution in [2.45, 2.75) is 19.6 Å². The minimum atomic E-state index is -0.636. The molecular formula is C20H19FN6O3. The number of tetrazole rings is 1. The van der Waals surface area contributed by atoms with Gasteiger partial charge in [-0.25, -0.2) is 4.39 Å². The van der Waals surface area contributed by atoms with Crippen molar-refractivity contribution in [1.29, 1.82) is 0 Å². The third-order valence-corrected chi connectivity index (χ3v) is 4.82. The Bertz CT molecular complexity index is 1140. The number of nitrogens with one attached hydrogen (secondary N) is 1. The van der Waals surface area contributed by atoms with E-state index in [0.717, 1.165) is 0 Å². The van der Waals surface area contributed by atoms with Crippen molar-refractivity contribution >= 4 is 11.9 Å². The predicted octanol–water partition coefficient (Wildman–Crippen LogP) is 2.17. The lowest BCUT2D eigenvalue weighted by Crippen LogP contribution is -2.31. The Hall–Kier alpha value is -3.95. The lowest BCUT2D eigenvalue weighted by Gasteiger charge is -2.27. The van der Waals surface area contributed by atoms with Crippen LogP contribution >= 0.6 is 0 Å². The summed E-state index contributed by atoms with van der Waals surface area (Å²) in [5.41, 5.74) is 7.62. The van der Waals surface area contributed by atoms with E-state index in [-0.39, 0.29) is 12.4 Å². The molecule has 4 rings (SSSR count). The average Bonchev–Trinajstić information content (AvgIpc) is 3.20. The van der Waals surface area contributed by atoms with E-state index < -0.39 is 11.9 Å². The Balaban J connectivity index is 1.69. The number of halogens is 1. The molecule has 0 bridgehead atoms. The van der Waals surface area contributed by atoms with Gasteiger partial charge in [-0.2, -0.15) is 4.68 Å². The Morgan fingerprint density at radius 1 is 1.27 bits per heavy atom. The van der Waals surface area contributed by atoms with Gasteiger partial charge in [-0.05, 0) is 41.1 Å². The number of hydrogen-bond acceptors (Lipinski definition) is 7. The van der Waals surface area contributed by atoms with E-state index >= 15 is 0 Å². The van der Waals surface area contributed by atoms with Gasteiger partial charge in [-0.1, -0.05) is 29.4 Å². The van der Waals surface area contributed by atoms with Gasteiger partial charge in [0.2, 0.25) is 11.9 Å². The van der Waals surface area contributed by atoms with Gasteiger partial charge < -0.3 is 20.5 Å². The molecule has 0 saturated heterocycles. The van der Waals surface area contributed by atoms with Gasteiger partial charge in [0.25, 0.3) is 0 Å². The molecule has 1 aliphatic rings. The highest BCUT2D eigenvalue weighted by Gasteiger charge is 2.33. The number of rotatable bonds is 6. The van der Waals surface area contributed by atoms with E-state index in [2.05, 4.69) is 20.8 Å². The largest absolute Gasteiger partial charge is 0.493 e. The number of hydrogen-bond donors (Lipinski definition) is 2. The van der Waals surface area contributed by atoms with Gasteiger partial charge in [-0.15, -0.1) is 0 Å². The van der Waals surface area contributed by atoms with Crippen molar-refractivity contribution in [3.05, 3.63) is 70.7 Å². The zero-order chi connectivity index (χ0) is 21.3. The lowest BCUT2D eigenvalue weighted by molar-refractivity contribution is -0.115. The number of fused-ring (bicyclic) bond motifs is 1. The number of benzene rings is 2. The van der Waals surface area contributed by atoms with Crippen molar-refractivity contribution < 1.29 is 18.7 Å². The first-order valence-electron chi connectivity index (χ1n) is 9.09. The number of allylic oxidation sites excluding steroid dienone is 1. The van der Waals surface area contributed by atoms with Gasteiger partial charge in [0.1, 0.15) is 18.5 Å². The summed E-state index contributed by atoms with van der Waals surface area (Å²) < 4.78 is 26.6. The predicted molar refractivity (Wildman–Crippen MR) is 105 cm³/mol. The third-order valence-electron chi connectivity index (χ3n) is 4.82. The normalized spacial score (nSPS) is 15.4. The molecule has 1 unspecified atom stereocenters. The van der Waals surface area contributed by atoms with Crippen LogP contribution in [0.15, 0.2) is 53.7 Å². The van der Waals surface area contributed by atoms with Crippen LogP contribution in [0.1, 0.15) is 24.1 Å². The van der Waals surface area contributed by atoms with Crippen molar-refractivity contribution in [2.75, 3.05) is 12.4 Å². The zero-order valence-electron chi connectivity index (χ0n) is 16.3. The first kappa shape index (κ1) is 19.4. The Morgan fingerprint density at radius 2 is 2.07 bits per heavy atom. The summed E-state index contributed by atoms with van der Waals surface area (Å²) in [5.74, 6) is 0.294. The Kier molecular flexibility index (Phi) is 5.05. The second-order valence-corrected chi connectivity index (χ2v) is 6.67. The molecular weight excluding hydrogens is 391 g/mol. The van der Waals surface area contributed by atoms with Gasteiger partial charge in [0.15, 0.2) is 11.5 Å². The maximum atomic E-state index is 13.9. The number of amides is 1. The highest BCUT2D eigenvalue weighted by Crippen LogP contribution is 2.38. The second-order valence-electron chi connectivity index (χ2n) is 6.67. The van der Waals surface area contributed by atoms with E-state index in [0.29, 0.717) is 39.8 Å². The topological polar surface area (TPSA) is 117 Å². The fourth-order valence-electron chi connectivity index (χ4n) is 3.38. The third kappa shape index (κ3) is 3.43. The highest BCUT2D eigenvalue weighted by molar-refractivity contribution is 5.95. The molecule has 2 heterocycles. The Morgan fingerprint density at radius 3 is 2.80 bits per heavy atom. The van der Waals surface area contributed by atoms with Gasteiger partial charge in [-0.3, -0.25) is 4.79 Å². The number of methoxy groups -OCH3 is 1. The molecule has 30 heavy (non-hydrogen) atoms. The van der Waals surface area contributed by atoms with Crippen molar-refractivity contribution in [3.8, 4) is 11.5 Å². The molecule has 2 aromatic carbocycles. The molecule has 0 spiro atoms. The van der Waals surface area contributed by atoms with E-state index in [1.165, 1.54) is 17.9 Å². The van der Waals surface area contributed by atoms with E-state index in [1.807, 2.05) is 0 Å². The highest BCUT2D eigenvalue weighted by atomic mass is 19.1. The summed E-state index contributed by atoms with van der Waals surface area (Å²) in [7, 11) is 1.50. The lowest BCUT2D eigenvalue weighted by atomic mass is 9.95. The van der Waals surface area contributed by atoms with Crippen molar-refractivity contribution in [2.24, 2.45) is 5.73 Å². The summed E-state index contributed by atoms with van der Waals surface area (Å²) in [6, 6.07) is 10.9. The molecule has 1 atom stereocenters. The standard InChI is InChI=1S/C20H19FN6O3/c1-11-17(19(22)28)18(27-20(23-11)24-25-26-27)12-7-8-15(16(9-12)29-2)30-10-13-5-3-4-6-14(13)21/h3-9,18H,10H2,1-2H3,(H2,22,28)(H,23,24,26). The summed E-state index contributed by atoms with van der Waals surface area (Å²) in [6.07, 6.45) is 0. The van der Waals surface area contributed by atoms with Crippen LogP contribution in [-0.4, -0.2) is 33.2 Å². The van der Waals surface area contributed by atoms with Gasteiger partial charge in [0, 0.05) is 11.3 Å². The number of carbonyl (C=O) groups excluding carboxylic acids is 1. The maximum Gasteiger partial charge on any atom is 0.248 e. The van der Waals surface area contributed by atoms with Crippen LogP contribution in [0.2, 0.25) is 0 Å². The van der Waals surface area contributed by atoms with Crippen LogP contribution in [-0.2, 0) is 11.4 Å². The zero-order valence-corrected chi connectivity index (χ0v) is 16.3. The SMILES string of the molecule is COc1cc(C2C(C(N)=O)=C(C)Nc3nnnn32)ccc1OCc1ccccc1F. The average molecular weight is 410 g/mol. The van der Waals surface area contributed by atoms with E-state index in [4.69, 9.17) is 15.2 Å². The van der Waals surface area contributed by atoms with Crippen LogP contribution in [0.25, 0.3) is 0 Å². The molecule has 3 N–H and O–H groups in total. The fraction of sp³-hybridized carbons (Fsp3) is 0.200. The Labute approximate surface area is 171 Å². The first-order chi connectivity index (χ1) is 14.5. The molecule has 1 amide bonds. The van der Waals surface area contributed by atoms with Crippen LogP contribution < -0.4 is 20.5 Å². The molecule has 3 aromatic rings. The summed E-state index contributed by atoms with van der Waals surface area (Å²) >= 11 is 0. The van der Waals surface area contributed by atoms with Crippen molar-refractivity contribution in [3.63, 3.8) is 0 Å². The van der Waals surface area contributed by atoms with E-state index in [9.17, 15) is 9.18 Å². The van der Waals surface area contributed by atoms with Crippen LogP contribution in [0.4, 0.5) is 10.3 Å². The van der Waals surface area contributed by atoms with Crippen LogP contribution in [0.3, 0.4) is 0 Å². The van der Waals surface area contributed by atoms with Crippen LogP contribution in [0.5, 0.6) is 11.5 Å². The minimum absolute atomic E-state index is 0.0401. The first-order valence-corrected chi connectivity index (χ1v) is 9.09. The number of nitrogens with two attached hydrogens (primary N) is 1. The smallest absolute Gasteiger partial charge is 0.248 e. The summed E-state index contributed by atoms with van der Waals surface area (Å²) in [6.45, 7) is 1.77. The number of nitrogens with zero attached hydrogens (tertiary/aromatic N) is 4. The second kappa shape index (κ2) is 7.82. The van der Waals surface area contributed by atoms with Gasteiger partial charge >= 0.3 is 0 Å². The molecule has 1 aromatic heterocycles. The summed E-state index contributed by atoms with van der Waals surface area (Å²) in [4.78, 5) is 12.1. The molecule has 1 aliphatic heterocycles. The van der Waals surface area contributed by atoms with Crippen molar-refractivity contribution in [1.82, 2.24) is 20.2 Å². The monoisotopic (exact) mass is 410 g/mol. The maximum absolute atomic E-state index is 13.9. The number of ether oxygens (including phenoxy) is 2. The number of aromatic nitrogens is 4. The molecule has 10 heteroatoms. The molecule has 0 saturated carbocycles. The molecule has 0 aliphatic carbocycles. The number of primary amides is 1. The quantitative estimate of drug-likeness (QED) is 0.640. The number of carbonyl (C=O) groups is 1. The molecule has 0 fully saturated rings. The molecule has 154 valence electrons. The minimum Gasteiger partial charge on any atom is -0.493 e. The molecule has 0 radical (unpaired) electrons. The number of anilines is 1. The van der Waals surface area contributed by atoms with E-state index in [1.54, 1.807) is 43.3 Å². The van der Waals surface area contributed by atoms with Gasteiger partial charge in [0.05, 0.1) is 12.7 Å². The fourth-order valence-corrected chi connectivity index (χ4v) is 3.38. The summed E-state index contributed by atoms with van der Waals surface area (Å²) in [5, 5.41) is 14.5. The van der Waals surface area contributed by atoms with Crippen LogP contribution in [0, 0.1) is 5.82 Å². The molecule has 9 nitrogen and oxygen atoms in total.